The molecule has 0 saturated carbocycles. The molecule has 6 heteroatoms. The third kappa shape index (κ3) is 2.83. The van der Waals surface area contributed by atoms with Gasteiger partial charge in [0.2, 0.25) is 0 Å². The van der Waals surface area contributed by atoms with Gasteiger partial charge in [0.25, 0.3) is 5.91 Å². The minimum absolute atomic E-state index is 0.258. The zero-order valence-corrected chi connectivity index (χ0v) is 11.2. The number of nitrogens with one attached hydrogen (secondary N) is 1. The fraction of sp³-hybridized carbons (Fsp3) is 0.167. The lowest BCUT2D eigenvalue weighted by Gasteiger charge is -2.06. The second-order valence-electron chi connectivity index (χ2n) is 3.81. The molecule has 0 aliphatic heterocycles. The number of nitrogens with zero attached hydrogens (tertiary/aromatic N) is 2. The largest absolute Gasteiger partial charge is 0.348 e. The molecule has 0 fully saturated rings. The van der Waals surface area contributed by atoms with Gasteiger partial charge in [-0.3, -0.25) is 9.48 Å². The van der Waals surface area contributed by atoms with E-state index in [1.165, 1.54) is 0 Å². The Morgan fingerprint density at radius 1 is 1.44 bits per heavy atom. The second kappa shape index (κ2) is 5.42. The summed E-state index contributed by atoms with van der Waals surface area (Å²) in [5.74, 6) is -0.258. The lowest BCUT2D eigenvalue weighted by atomic mass is 10.2. The van der Waals surface area contributed by atoms with Gasteiger partial charge in [-0.05, 0) is 12.1 Å². The zero-order valence-electron chi connectivity index (χ0n) is 9.65. The predicted molar refractivity (Wildman–Crippen MR) is 70.8 cm³/mol. The number of rotatable bonds is 3. The second-order valence-corrected chi connectivity index (χ2v) is 4.59. The standard InChI is InChI=1S/C12H11Cl2N3O/c1-17-7-8(6-16-17)5-15-12(18)9-3-2-4-10(13)11(9)14/h2-4,6-7H,5H2,1H3,(H,15,18). The lowest BCUT2D eigenvalue weighted by molar-refractivity contribution is 0.0951. The summed E-state index contributed by atoms with van der Waals surface area (Å²) in [5, 5.41) is 7.41. The topological polar surface area (TPSA) is 46.9 Å². The number of hydrogen-bond acceptors (Lipinski definition) is 2. The van der Waals surface area contributed by atoms with Gasteiger partial charge in [-0.2, -0.15) is 5.10 Å². The number of carbonyl (C=O) groups is 1. The Balaban J connectivity index is 2.06. The van der Waals surface area contributed by atoms with E-state index in [4.69, 9.17) is 23.2 Å². The van der Waals surface area contributed by atoms with E-state index in [9.17, 15) is 4.79 Å². The van der Waals surface area contributed by atoms with Crippen LogP contribution in [-0.4, -0.2) is 15.7 Å². The third-order valence-corrected chi connectivity index (χ3v) is 3.23. The number of benzene rings is 1. The molecule has 1 aromatic carbocycles. The van der Waals surface area contributed by atoms with Crippen molar-refractivity contribution in [3.05, 3.63) is 51.8 Å². The lowest BCUT2D eigenvalue weighted by Crippen LogP contribution is -2.22. The van der Waals surface area contributed by atoms with Gasteiger partial charge < -0.3 is 5.32 Å². The monoisotopic (exact) mass is 283 g/mol. The summed E-state index contributed by atoms with van der Waals surface area (Å²) in [7, 11) is 1.82. The molecule has 0 radical (unpaired) electrons. The summed E-state index contributed by atoms with van der Waals surface area (Å²) in [6.45, 7) is 0.398. The molecule has 1 amide bonds. The molecule has 94 valence electrons. The van der Waals surface area contributed by atoms with Crippen molar-refractivity contribution < 1.29 is 4.79 Å². The van der Waals surface area contributed by atoms with Gasteiger partial charge in [-0.1, -0.05) is 29.3 Å². The normalized spacial score (nSPS) is 10.4. The number of hydrogen-bond donors (Lipinski definition) is 1. The van der Waals surface area contributed by atoms with E-state index in [0.717, 1.165) is 5.56 Å². The smallest absolute Gasteiger partial charge is 0.253 e. The fourth-order valence-corrected chi connectivity index (χ4v) is 1.91. The van der Waals surface area contributed by atoms with Crippen molar-refractivity contribution in [1.82, 2.24) is 15.1 Å². The molecule has 0 bridgehead atoms. The van der Waals surface area contributed by atoms with Crippen LogP contribution in [0.2, 0.25) is 10.0 Å². The molecule has 18 heavy (non-hydrogen) atoms. The predicted octanol–water partition coefficient (Wildman–Crippen LogP) is 2.66. The summed E-state index contributed by atoms with van der Waals surface area (Å²) in [4.78, 5) is 11.9. The number of aromatic nitrogens is 2. The summed E-state index contributed by atoms with van der Waals surface area (Å²) >= 11 is 11.8. The van der Waals surface area contributed by atoms with Gasteiger partial charge in [-0.15, -0.1) is 0 Å². The molecule has 2 aromatic rings. The van der Waals surface area contributed by atoms with Gasteiger partial charge in [0.05, 0.1) is 21.8 Å². The Hall–Kier alpha value is -1.52. The van der Waals surface area contributed by atoms with Crippen LogP contribution in [-0.2, 0) is 13.6 Å². The summed E-state index contributed by atoms with van der Waals surface area (Å²) < 4.78 is 1.67. The molecule has 0 spiro atoms. The maximum absolute atomic E-state index is 11.9. The highest BCUT2D eigenvalue weighted by Gasteiger charge is 2.12. The Bertz CT molecular complexity index is 580. The van der Waals surface area contributed by atoms with E-state index < -0.39 is 0 Å². The average Bonchev–Trinajstić information content (AvgIpc) is 2.76. The number of aryl methyl sites for hydroxylation is 1. The van der Waals surface area contributed by atoms with Gasteiger partial charge in [0.15, 0.2) is 0 Å². The Morgan fingerprint density at radius 3 is 2.89 bits per heavy atom. The average molecular weight is 284 g/mol. The van der Waals surface area contributed by atoms with Crippen LogP contribution in [0.3, 0.4) is 0 Å². The Kier molecular flexibility index (Phi) is 3.89. The van der Waals surface area contributed by atoms with Crippen molar-refractivity contribution in [2.45, 2.75) is 6.54 Å². The summed E-state index contributed by atoms with van der Waals surface area (Å²) in [5.41, 5.74) is 1.29. The van der Waals surface area contributed by atoms with Gasteiger partial charge in [0, 0.05) is 25.4 Å². The number of amides is 1. The quantitative estimate of drug-likeness (QED) is 0.941. The van der Waals surface area contributed by atoms with E-state index in [-0.39, 0.29) is 10.9 Å². The van der Waals surface area contributed by atoms with E-state index in [0.29, 0.717) is 17.1 Å². The molecule has 1 aromatic heterocycles. The fourth-order valence-electron chi connectivity index (χ4n) is 1.52. The summed E-state index contributed by atoms with van der Waals surface area (Å²) in [6.07, 6.45) is 3.53. The van der Waals surface area contributed by atoms with Gasteiger partial charge in [0.1, 0.15) is 0 Å². The number of halogens is 2. The first-order valence-electron chi connectivity index (χ1n) is 5.27. The van der Waals surface area contributed by atoms with E-state index in [1.54, 1.807) is 29.1 Å². The van der Waals surface area contributed by atoms with Gasteiger partial charge >= 0.3 is 0 Å². The molecular weight excluding hydrogens is 273 g/mol. The molecule has 0 saturated heterocycles. The first-order chi connectivity index (χ1) is 8.58. The highest BCUT2D eigenvalue weighted by atomic mass is 35.5. The Morgan fingerprint density at radius 2 is 2.22 bits per heavy atom. The summed E-state index contributed by atoms with van der Waals surface area (Å²) in [6, 6.07) is 4.96. The van der Waals surface area contributed by atoms with Crippen LogP contribution in [0.4, 0.5) is 0 Å². The van der Waals surface area contributed by atoms with Crippen LogP contribution >= 0.6 is 23.2 Å². The van der Waals surface area contributed by atoms with Crippen LogP contribution in [0.25, 0.3) is 0 Å². The minimum Gasteiger partial charge on any atom is -0.348 e. The highest BCUT2D eigenvalue weighted by Crippen LogP contribution is 2.25. The minimum atomic E-state index is -0.258. The SMILES string of the molecule is Cn1cc(CNC(=O)c2cccc(Cl)c2Cl)cn1. The first kappa shape index (κ1) is 12.9. The first-order valence-corrected chi connectivity index (χ1v) is 6.03. The highest BCUT2D eigenvalue weighted by molar-refractivity contribution is 6.43. The van der Waals surface area contributed by atoms with Crippen molar-refractivity contribution in [3.63, 3.8) is 0 Å². The van der Waals surface area contributed by atoms with Crippen molar-refractivity contribution in [2.75, 3.05) is 0 Å². The van der Waals surface area contributed by atoms with Crippen molar-refractivity contribution in [3.8, 4) is 0 Å². The molecular formula is C12H11Cl2N3O. The van der Waals surface area contributed by atoms with Crippen LogP contribution in [0.5, 0.6) is 0 Å². The van der Waals surface area contributed by atoms with Crippen LogP contribution < -0.4 is 5.32 Å². The van der Waals surface area contributed by atoms with Crippen molar-refractivity contribution in [2.24, 2.45) is 7.05 Å². The van der Waals surface area contributed by atoms with Crippen LogP contribution in [0, 0.1) is 0 Å². The van der Waals surface area contributed by atoms with Crippen molar-refractivity contribution >= 4 is 29.1 Å². The molecule has 1 N–H and O–H groups in total. The van der Waals surface area contributed by atoms with Crippen LogP contribution in [0.1, 0.15) is 15.9 Å². The molecule has 2 rings (SSSR count). The third-order valence-electron chi connectivity index (χ3n) is 2.41. The molecule has 0 aliphatic rings. The molecule has 0 unspecified atom stereocenters. The van der Waals surface area contributed by atoms with E-state index in [1.807, 2.05) is 13.2 Å². The van der Waals surface area contributed by atoms with E-state index in [2.05, 4.69) is 10.4 Å². The maximum atomic E-state index is 11.9. The zero-order chi connectivity index (χ0) is 13.1. The maximum Gasteiger partial charge on any atom is 0.253 e. The number of carbonyl (C=O) groups excluding carboxylic acids is 1. The van der Waals surface area contributed by atoms with Crippen LogP contribution in [0.15, 0.2) is 30.6 Å². The molecule has 1 heterocycles. The van der Waals surface area contributed by atoms with E-state index >= 15 is 0 Å². The molecule has 0 atom stereocenters. The van der Waals surface area contributed by atoms with Gasteiger partial charge in [-0.25, -0.2) is 0 Å². The molecule has 4 nitrogen and oxygen atoms in total. The van der Waals surface area contributed by atoms with Crippen molar-refractivity contribution in [1.29, 1.82) is 0 Å². The molecule has 0 aliphatic carbocycles. The Labute approximate surface area is 115 Å².